The van der Waals surface area contributed by atoms with Crippen LogP contribution >= 0.6 is 0 Å². The van der Waals surface area contributed by atoms with E-state index in [2.05, 4.69) is 0 Å². The van der Waals surface area contributed by atoms with E-state index in [4.69, 9.17) is 28.4 Å². The number of hydrogen-bond acceptors (Lipinski definition) is 8. The molecule has 8 heteroatoms. The van der Waals surface area contributed by atoms with Gasteiger partial charge >= 0.3 is 5.97 Å². The van der Waals surface area contributed by atoms with E-state index in [0.717, 1.165) is 19.3 Å². The largest absolute Gasteiger partial charge is 0.497 e. The van der Waals surface area contributed by atoms with E-state index >= 15 is 0 Å². The fourth-order valence-electron chi connectivity index (χ4n) is 4.72. The number of methoxy groups -OCH3 is 2. The van der Waals surface area contributed by atoms with Crippen molar-refractivity contribution in [2.75, 3.05) is 21.0 Å². The maximum Gasteiger partial charge on any atom is 0.342 e. The van der Waals surface area contributed by atoms with Crippen molar-refractivity contribution in [3.05, 3.63) is 41.5 Å². The highest BCUT2D eigenvalue weighted by Crippen LogP contribution is 2.36. The third-order valence-corrected chi connectivity index (χ3v) is 6.28. The molecule has 0 spiro atoms. The van der Waals surface area contributed by atoms with Crippen LogP contribution in [0.5, 0.6) is 11.5 Å². The predicted octanol–water partition coefficient (Wildman–Crippen LogP) is 4.07. The fourth-order valence-corrected chi connectivity index (χ4v) is 4.72. The predicted molar refractivity (Wildman–Crippen MR) is 124 cm³/mol. The maximum atomic E-state index is 13.4. The van der Waals surface area contributed by atoms with Gasteiger partial charge in [0.1, 0.15) is 29.3 Å². The Bertz CT molecular complexity index is 979. The minimum absolute atomic E-state index is 0.0302. The Hall–Kier alpha value is -2.68. The monoisotopic (exact) mass is 472 g/mol. The minimum atomic E-state index is -0.863. The number of ketones is 1. The van der Waals surface area contributed by atoms with Crippen LogP contribution in [-0.4, -0.2) is 56.9 Å². The lowest BCUT2D eigenvalue weighted by Gasteiger charge is -2.21. The molecule has 1 aromatic carbocycles. The van der Waals surface area contributed by atoms with Crippen LogP contribution in [-0.2, 0) is 23.7 Å². The highest BCUT2D eigenvalue weighted by Gasteiger charge is 2.44. The Morgan fingerprint density at radius 2 is 1.88 bits per heavy atom. The third-order valence-electron chi connectivity index (χ3n) is 6.28. The van der Waals surface area contributed by atoms with E-state index in [1.165, 1.54) is 7.11 Å². The first kappa shape index (κ1) is 24.4. The summed E-state index contributed by atoms with van der Waals surface area (Å²) in [5.41, 5.74) is 0.885. The molecule has 0 aromatic heterocycles. The highest BCUT2D eigenvalue weighted by atomic mass is 16.8. The summed E-state index contributed by atoms with van der Waals surface area (Å²) in [6.45, 7) is 3.57. The average Bonchev–Trinajstić information content (AvgIpc) is 3.37. The summed E-state index contributed by atoms with van der Waals surface area (Å²) in [7, 11) is 3.06. The SMILES string of the molecule is COCOc1cc(OC)cc2c1C(=O)O[C@@H]1CCC[C@H]1/C=C\C(=O)[C@H]1OC(C)(C)O[C@H]1C/C=C/2. The van der Waals surface area contributed by atoms with Gasteiger partial charge < -0.3 is 28.4 Å². The van der Waals surface area contributed by atoms with Crippen LogP contribution in [0, 0.1) is 5.92 Å². The number of rotatable bonds is 4. The lowest BCUT2D eigenvalue weighted by atomic mass is 9.99. The van der Waals surface area contributed by atoms with E-state index < -0.39 is 24.0 Å². The molecule has 0 amide bonds. The molecule has 0 radical (unpaired) electrons. The van der Waals surface area contributed by atoms with Crippen LogP contribution in [0.2, 0.25) is 0 Å². The van der Waals surface area contributed by atoms with Gasteiger partial charge in [-0.3, -0.25) is 4.79 Å². The molecule has 1 aliphatic carbocycles. The first-order valence-electron chi connectivity index (χ1n) is 11.6. The molecule has 2 heterocycles. The van der Waals surface area contributed by atoms with Crippen LogP contribution in [0.25, 0.3) is 6.08 Å². The van der Waals surface area contributed by atoms with Gasteiger partial charge in [0.25, 0.3) is 0 Å². The first-order valence-corrected chi connectivity index (χ1v) is 11.6. The molecule has 2 fully saturated rings. The highest BCUT2D eigenvalue weighted by molar-refractivity contribution is 5.97. The number of ether oxygens (including phenoxy) is 6. The summed E-state index contributed by atoms with van der Waals surface area (Å²) >= 11 is 0. The zero-order valence-corrected chi connectivity index (χ0v) is 20.1. The molecule has 1 saturated carbocycles. The average molecular weight is 473 g/mol. The van der Waals surface area contributed by atoms with Crippen molar-refractivity contribution < 1.29 is 38.0 Å². The lowest BCUT2D eigenvalue weighted by molar-refractivity contribution is -0.152. The summed E-state index contributed by atoms with van der Waals surface area (Å²) in [6, 6.07) is 3.40. The Morgan fingerprint density at radius 1 is 1.06 bits per heavy atom. The number of esters is 1. The van der Waals surface area contributed by atoms with Crippen molar-refractivity contribution in [2.24, 2.45) is 5.92 Å². The van der Waals surface area contributed by atoms with Crippen molar-refractivity contribution in [1.82, 2.24) is 0 Å². The number of hydrogen-bond donors (Lipinski definition) is 0. The summed E-state index contributed by atoms with van der Waals surface area (Å²) in [4.78, 5) is 26.3. The van der Waals surface area contributed by atoms with Crippen molar-refractivity contribution in [3.63, 3.8) is 0 Å². The van der Waals surface area contributed by atoms with Crippen LogP contribution in [0.1, 0.15) is 55.5 Å². The molecule has 4 atom stereocenters. The standard InChI is InChI=1S/C26H32O8/c1-26(2)33-21-10-6-8-17-13-18(30-4)14-22(31-15-29-3)23(17)25(28)32-20-9-5-7-16(20)11-12-19(27)24(21)34-26/h6,8,11-14,16,20-21,24H,5,7,9-10,15H2,1-4H3/b8-6+,12-11-/t16-,20+,21-,24+/m0/s1. The summed E-state index contributed by atoms with van der Waals surface area (Å²) < 4.78 is 34.1. The van der Waals surface area contributed by atoms with E-state index in [-0.39, 0.29) is 24.6 Å². The second-order valence-corrected chi connectivity index (χ2v) is 9.17. The van der Waals surface area contributed by atoms with E-state index in [1.807, 2.05) is 12.2 Å². The molecule has 1 aromatic rings. The van der Waals surface area contributed by atoms with E-state index in [1.54, 1.807) is 45.2 Å². The molecule has 8 nitrogen and oxygen atoms in total. The Labute approximate surface area is 199 Å². The van der Waals surface area contributed by atoms with Crippen LogP contribution in [0.3, 0.4) is 0 Å². The lowest BCUT2D eigenvalue weighted by Crippen LogP contribution is -2.30. The van der Waals surface area contributed by atoms with Crippen molar-refractivity contribution in [1.29, 1.82) is 0 Å². The molecule has 2 aliphatic heterocycles. The molecular formula is C26H32O8. The zero-order chi connectivity index (χ0) is 24.3. The maximum absolute atomic E-state index is 13.4. The third kappa shape index (κ3) is 5.35. The van der Waals surface area contributed by atoms with Crippen LogP contribution in [0.15, 0.2) is 30.4 Å². The molecular weight excluding hydrogens is 440 g/mol. The second kappa shape index (κ2) is 10.3. The van der Waals surface area contributed by atoms with Crippen molar-refractivity contribution in [3.8, 4) is 11.5 Å². The first-order chi connectivity index (χ1) is 16.3. The Morgan fingerprint density at radius 3 is 2.65 bits per heavy atom. The molecule has 0 unspecified atom stereocenters. The molecule has 0 N–H and O–H groups in total. The van der Waals surface area contributed by atoms with Gasteiger partial charge in [-0.2, -0.15) is 0 Å². The molecule has 34 heavy (non-hydrogen) atoms. The number of fused-ring (bicyclic) bond motifs is 3. The topological polar surface area (TPSA) is 89.5 Å². The van der Waals surface area contributed by atoms with Gasteiger partial charge in [-0.1, -0.05) is 18.2 Å². The van der Waals surface area contributed by atoms with Gasteiger partial charge in [-0.25, -0.2) is 4.79 Å². The van der Waals surface area contributed by atoms with Gasteiger partial charge in [0.2, 0.25) is 0 Å². The number of benzene rings is 1. The minimum Gasteiger partial charge on any atom is -0.497 e. The van der Waals surface area contributed by atoms with Gasteiger partial charge in [-0.05, 0) is 57.2 Å². The van der Waals surface area contributed by atoms with E-state index in [9.17, 15) is 9.59 Å². The Balaban J connectivity index is 1.77. The van der Waals surface area contributed by atoms with Gasteiger partial charge in [-0.15, -0.1) is 0 Å². The van der Waals surface area contributed by atoms with E-state index in [0.29, 0.717) is 29.0 Å². The summed E-state index contributed by atoms with van der Waals surface area (Å²) in [5.74, 6) is -0.697. The summed E-state index contributed by atoms with van der Waals surface area (Å²) in [6.07, 6.45) is 8.45. The van der Waals surface area contributed by atoms with Gasteiger partial charge in [0, 0.05) is 19.1 Å². The Kier molecular flexibility index (Phi) is 7.40. The smallest absolute Gasteiger partial charge is 0.342 e. The van der Waals surface area contributed by atoms with Crippen LogP contribution < -0.4 is 9.47 Å². The van der Waals surface area contributed by atoms with Gasteiger partial charge in [0.15, 0.2) is 18.4 Å². The molecule has 4 rings (SSSR count). The molecule has 184 valence electrons. The fraction of sp³-hybridized carbons (Fsp3) is 0.538. The zero-order valence-electron chi connectivity index (χ0n) is 20.1. The van der Waals surface area contributed by atoms with Crippen molar-refractivity contribution in [2.45, 2.75) is 63.6 Å². The molecule has 1 saturated heterocycles. The van der Waals surface area contributed by atoms with Crippen LogP contribution in [0.4, 0.5) is 0 Å². The quantitative estimate of drug-likeness (QED) is 0.479. The number of carbonyl (C=O) groups excluding carboxylic acids is 2. The molecule has 3 aliphatic rings. The molecule has 0 bridgehead atoms. The number of carbonyl (C=O) groups is 2. The second-order valence-electron chi connectivity index (χ2n) is 9.17. The summed E-state index contributed by atoms with van der Waals surface area (Å²) in [5, 5.41) is 0. The van der Waals surface area contributed by atoms with Gasteiger partial charge in [0.05, 0.1) is 13.2 Å². The normalized spacial score (nSPS) is 30.4. The van der Waals surface area contributed by atoms with Crippen molar-refractivity contribution >= 4 is 17.8 Å².